The second-order valence-corrected chi connectivity index (χ2v) is 12.6. The van der Waals surface area contributed by atoms with Gasteiger partial charge < -0.3 is 13.7 Å². The lowest BCUT2D eigenvalue weighted by Crippen LogP contribution is -2.41. The lowest BCUT2D eigenvalue weighted by molar-refractivity contribution is 0.00578. The summed E-state index contributed by atoms with van der Waals surface area (Å²) < 4.78 is 47.0. The van der Waals surface area contributed by atoms with Crippen molar-refractivity contribution in [3.8, 4) is 11.5 Å². The number of fused-ring (bicyclic) bond motifs is 1. The molecule has 0 unspecified atom stereocenters. The number of rotatable bonds is 7. The Morgan fingerprint density at radius 1 is 1.17 bits per heavy atom. The van der Waals surface area contributed by atoms with Gasteiger partial charge in [0.05, 0.1) is 28.7 Å². The van der Waals surface area contributed by atoms with Crippen LogP contribution in [-0.4, -0.2) is 55.6 Å². The van der Waals surface area contributed by atoms with Gasteiger partial charge in [-0.3, -0.25) is 13.8 Å². The summed E-state index contributed by atoms with van der Waals surface area (Å²) in [6.45, 7) is 13.5. The van der Waals surface area contributed by atoms with Crippen molar-refractivity contribution < 1.29 is 26.9 Å². The molecule has 3 heterocycles. The van der Waals surface area contributed by atoms with Crippen molar-refractivity contribution in [3.05, 3.63) is 30.0 Å². The molecule has 3 aromatic rings. The molecule has 194 valence electrons. The summed E-state index contributed by atoms with van der Waals surface area (Å²) in [7, 11) is -2.99. The van der Waals surface area contributed by atoms with E-state index in [2.05, 4.69) is 5.10 Å². The Bertz CT molecular complexity index is 1420. The van der Waals surface area contributed by atoms with E-state index < -0.39 is 28.3 Å². The molecule has 0 saturated carbocycles. The lowest BCUT2D eigenvalue weighted by Gasteiger charge is -2.32. The van der Waals surface area contributed by atoms with E-state index in [4.69, 9.17) is 13.7 Å². The number of carbonyl (C=O) groups is 1. The van der Waals surface area contributed by atoms with Crippen LogP contribution in [0.3, 0.4) is 0 Å². The molecule has 1 aliphatic heterocycles. The van der Waals surface area contributed by atoms with Crippen LogP contribution in [0.1, 0.15) is 71.3 Å². The Balaban J connectivity index is 2.04. The van der Waals surface area contributed by atoms with Gasteiger partial charge in [0.1, 0.15) is 11.3 Å². The Hall–Kier alpha value is -2.63. The van der Waals surface area contributed by atoms with Crippen LogP contribution < -0.4 is 9.77 Å². The average molecular weight is 515 g/mol. The van der Waals surface area contributed by atoms with E-state index in [0.717, 1.165) is 6.26 Å². The van der Waals surface area contributed by atoms with Crippen molar-refractivity contribution in [1.29, 1.82) is 0 Å². The van der Waals surface area contributed by atoms with Crippen molar-refractivity contribution in [3.63, 3.8) is 0 Å². The highest BCUT2D eigenvalue weighted by Gasteiger charge is 2.52. The van der Waals surface area contributed by atoms with E-state index >= 15 is 0 Å². The van der Waals surface area contributed by atoms with Gasteiger partial charge in [-0.15, -0.1) is 0 Å². The molecule has 1 aliphatic rings. The largest absolute Gasteiger partial charge is 0.497 e. The third-order valence-electron chi connectivity index (χ3n) is 7.17. The second-order valence-electron chi connectivity index (χ2n) is 10.6. The molecule has 0 radical (unpaired) electrons. The van der Waals surface area contributed by atoms with Crippen molar-refractivity contribution in [2.75, 3.05) is 17.6 Å². The van der Waals surface area contributed by atoms with Crippen LogP contribution in [0.25, 0.3) is 22.4 Å². The molecule has 0 amide bonds. The van der Waals surface area contributed by atoms with E-state index in [1.54, 1.807) is 29.9 Å². The molecule has 0 bridgehead atoms. The number of furan rings is 1. The van der Waals surface area contributed by atoms with E-state index in [-0.39, 0.29) is 18.2 Å². The minimum absolute atomic E-state index is 0.0417. The highest BCUT2D eigenvalue weighted by atomic mass is 32.2. The molecule has 0 atom stereocenters. The molecule has 4 rings (SSSR count). The fourth-order valence-corrected chi connectivity index (χ4v) is 4.81. The number of Topliss-reactive ketones (excluding diaryl/α,β-unsaturated/α-hetero) is 1. The van der Waals surface area contributed by atoms with Crippen molar-refractivity contribution in [2.45, 2.75) is 72.1 Å². The molecule has 2 aromatic heterocycles. The van der Waals surface area contributed by atoms with Crippen LogP contribution in [0, 0.1) is 0 Å². The number of ketones is 1. The minimum atomic E-state index is -3.62. The van der Waals surface area contributed by atoms with Crippen molar-refractivity contribution in [1.82, 2.24) is 9.78 Å². The molecule has 0 N–H and O–H groups in total. The van der Waals surface area contributed by atoms with E-state index in [1.807, 2.05) is 47.6 Å². The Morgan fingerprint density at radius 3 is 2.31 bits per heavy atom. The molecule has 0 aliphatic carbocycles. The summed E-state index contributed by atoms with van der Waals surface area (Å²) in [5.41, 5.74) is 1.08. The van der Waals surface area contributed by atoms with Gasteiger partial charge in [0, 0.05) is 42.6 Å². The molecule has 0 spiro atoms. The molecule has 9 nitrogen and oxygen atoms in total. The number of anilines is 1. The van der Waals surface area contributed by atoms with Gasteiger partial charge in [-0.1, -0.05) is 6.92 Å². The maximum atomic E-state index is 13.2. The van der Waals surface area contributed by atoms with Gasteiger partial charge >= 0.3 is 7.12 Å². The van der Waals surface area contributed by atoms with E-state index in [1.165, 1.54) is 11.4 Å². The van der Waals surface area contributed by atoms with Gasteiger partial charge in [-0.05, 0) is 53.7 Å². The third kappa shape index (κ3) is 4.27. The highest BCUT2D eigenvalue weighted by molar-refractivity contribution is 7.92. The normalized spacial score (nSPS) is 17.3. The number of sulfonamides is 1. The molecule has 36 heavy (non-hydrogen) atoms. The predicted octanol–water partition coefficient (Wildman–Crippen LogP) is 4.16. The SMILES string of the molecule is CCC(=O)c1c(-c2ccnn2C(C)C)oc2cc(N(C)S(C)(=O)=O)c(B3OC(C)(C)C(C)(C)O3)cc12. The van der Waals surface area contributed by atoms with Crippen LogP contribution in [0.2, 0.25) is 0 Å². The monoisotopic (exact) mass is 515 g/mol. The van der Waals surface area contributed by atoms with Crippen LogP contribution in [0.5, 0.6) is 0 Å². The maximum absolute atomic E-state index is 13.2. The smallest absolute Gasteiger partial charge is 0.454 e. The number of nitrogens with zero attached hydrogens (tertiary/aromatic N) is 3. The second kappa shape index (κ2) is 8.74. The van der Waals surface area contributed by atoms with E-state index in [0.29, 0.717) is 39.1 Å². The number of carbonyl (C=O) groups excluding carboxylic acids is 1. The summed E-state index contributed by atoms with van der Waals surface area (Å²) in [4.78, 5) is 13.2. The number of aromatic nitrogens is 2. The molecular weight excluding hydrogens is 481 g/mol. The van der Waals surface area contributed by atoms with Gasteiger partial charge in [0.15, 0.2) is 11.5 Å². The summed E-state index contributed by atoms with van der Waals surface area (Å²) in [5.74, 6) is 0.311. The minimum Gasteiger partial charge on any atom is -0.454 e. The first-order valence-corrected chi connectivity index (χ1v) is 13.9. The molecular formula is C25H34BN3O6S. The van der Waals surface area contributed by atoms with Crippen LogP contribution in [-0.2, 0) is 19.3 Å². The zero-order chi connectivity index (χ0) is 26.8. The first-order valence-electron chi connectivity index (χ1n) is 12.1. The fourth-order valence-electron chi connectivity index (χ4n) is 4.30. The topological polar surface area (TPSA) is 104 Å². The first-order chi connectivity index (χ1) is 16.6. The average Bonchev–Trinajstić information content (AvgIpc) is 3.44. The predicted molar refractivity (Wildman–Crippen MR) is 141 cm³/mol. The van der Waals surface area contributed by atoms with Gasteiger partial charge in [0.2, 0.25) is 10.0 Å². The molecule has 1 aromatic carbocycles. The third-order valence-corrected chi connectivity index (χ3v) is 8.36. The lowest BCUT2D eigenvalue weighted by atomic mass is 9.76. The Labute approximate surface area is 212 Å². The Kier molecular flexibility index (Phi) is 6.42. The van der Waals surface area contributed by atoms with Gasteiger partial charge in [-0.2, -0.15) is 5.10 Å². The number of benzene rings is 1. The van der Waals surface area contributed by atoms with Crippen molar-refractivity contribution in [2.24, 2.45) is 0 Å². The van der Waals surface area contributed by atoms with Crippen LogP contribution >= 0.6 is 0 Å². The summed E-state index contributed by atoms with van der Waals surface area (Å²) in [6, 6.07) is 5.26. The molecule has 11 heteroatoms. The summed E-state index contributed by atoms with van der Waals surface area (Å²) >= 11 is 0. The standard InChI is InChI=1S/C25H34BN3O6S/c1-10-20(30)22-16-13-17(26-34-24(4,5)25(6,7)35-26)19(28(8)36(9,31)32)14-21(16)33-23(22)18-11-12-27-29(18)15(2)3/h11-15H,10H2,1-9H3. The quantitative estimate of drug-likeness (QED) is 0.344. The first kappa shape index (κ1) is 26.4. The zero-order valence-corrected chi connectivity index (χ0v) is 23.2. The molecule has 1 fully saturated rings. The number of hydrogen-bond donors (Lipinski definition) is 0. The van der Waals surface area contributed by atoms with Crippen LogP contribution in [0.15, 0.2) is 28.8 Å². The zero-order valence-electron chi connectivity index (χ0n) is 22.4. The fraction of sp³-hybridized carbons (Fsp3) is 0.520. The molecule has 1 saturated heterocycles. The highest BCUT2D eigenvalue weighted by Crippen LogP contribution is 2.40. The van der Waals surface area contributed by atoms with Crippen LogP contribution in [0.4, 0.5) is 5.69 Å². The summed E-state index contributed by atoms with van der Waals surface area (Å²) in [5, 5.41) is 4.97. The summed E-state index contributed by atoms with van der Waals surface area (Å²) in [6.07, 6.45) is 3.07. The number of hydrogen-bond acceptors (Lipinski definition) is 7. The van der Waals surface area contributed by atoms with E-state index in [9.17, 15) is 13.2 Å². The van der Waals surface area contributed by atoms with Crippen molar-refractivity contribution >= 4 is 45.0 Å². The van der Waals surface area contributed by atoms with Gasteiger partial charge in [-0.25, -0.2) is 8.42 Å². The Morgan fingerprint density at radius 2 is 1.78 bits per heavy atom. The maximum Gasteiger partial charge on any atom is 0.497 e. The van der Waals surface area contributed by atoms with Gasteiger partial charge in [0.25, 0.3) is 0 Å².